The number of hydrogen-bond donors (Lipinski definition) is 0. The lowest BCUT2D eigenvalue weighted by molar-refractivity contribution is 0.669. The van der Waals surface area contributed by atoms with Gasteiger partial charge in [0.05, 0.1) is 11.0 Å². The number of para-hydroxylation sites is 3. The molecule has 3 heteroatoms. The molecular formula is C49H34N2O. The second-order valence-corrected chi connectivity index (χ2v) is 13.5. The van der Waals surface area contributed by atoms with Gasteiger partial charge in [-0.25, -0.2) is 0 Å². The van der Waals surface area contributed by atoms with E-state index in [0.29, 0.717) is 0 Å². The molecule has 52 heavy (non-hydrogen) atoms. The van der Waals surface area contributed by atoms with Gasteiger partial charge in [-0.3, -0.25) is 0 Å². The molecule has 2 heterocycles. The molecule has 0 amide bonds. The first-order valence-electron chi connectivity index (χ1n) is 17.8. The molecule has 10 aromatic rings. The summed E-state index contributed by atoms with van der Waals surface area (Å²) in [5.41, 5.74) is 14.7. The average Bonchev–Trinajstić information content (AvgIpc) is 3.75. The highest BCUT2D eigenvalue weighted by molar-refractivity contribution is 6.10. The summed E-state index contributed by atoms with van der Waals surface area (Å²) in [6.45, 7) is 2.13. The first-order chi connectivity index (χ1) is 25.7. The maximum atomic E-state index is 6.08. The molecule has 0 bridgehead atoms. The quantitative estimate of drug-likeness (QED) is 0.176. The van der Waals surface area contributed by atoms with Crippen LogP contribution in [0.2, 0.25) is 0 Å². The van der Waals surface area contributed by atoms with Gasteiger partial charge in [0.25, 0.3) is 0 Å². The van der Waals surface area contributed by atoms with Crippen molar-refractivity contribution in [2.45, 2.75) is 6.92 Å². The van der Waals surface area contributed by atoms with Crippen LogP contribution in [-0.4, -0.2) is 4.57 Å². The van der Waals surface area contributed by atoms with Crippen LogP contribution in [0.15, 0.2) is 192 Å². The zero-order valence-corrected chi connectivity index (χ0v) is 28.7. The highest BCUT2D eigenvalue weighted by atomic mass is 16.3. The smallest absolute Gasteiger partial charge is 0.135 e. The van der Waals surface area contributed by atoms with Gasteiger partial charge in [-0.2, -0.15) is 0 Å². The number of hydrogen-bond acceptors (Lipinski definition) is 2. The Balaban J connectivity index is 1.01. The summed E-state index contributed by atoms with van der Waals surface area (Å²) in [7, 11) is 0. The zero-order valence-electron chi connectivity index (χ0n) is 28.7. The van der Waals surface area contributed by atoms with E-state index in [1.54, 1.807) is 0 Å². The second kappa shape index (κ2) is 12.2. The van der Waals surface area contributed by atoms with Crippen LogP contribution in [0.3, 0.4) is 0 Å². The van der Waals surface area contributed by atoms with Gasteiger partial charge in [0.1, 0.15) is 11.2 Å². The normalized spacial score (nSPS) is 11.6. The van der Waals surface area contributed by atoms with E-state index in [-0.39, 0.29) is 0 Å². The second-order valence-electron chi connectivity index (χ2n) is 13.5. The molecule has 8 aromatic carbocycles. The Hall–Kier alpha value is -6.84. The molecule has 0 fully saturated rings. The van der Waals surface area contributed by atoms with Crippen LogP contribution in [0.5, 0.6) is 0 Å². The van der Waals surface area contributed by atoms with Crippen molar-refractivity contribution in [1.82, 2.24) is 4.57 Å². The molecule has 0 saturated heterocycles. The maximum absolute atomic E-state index is 6.08. The molecule has 3 nitrogen and oxygen atoms in total. The standard InChI is InChI=1S/C49H34N2O/c1-33-15-23-39(24-16-33)50(41-27-19-35(20-28-41)37-22-30-49-45(32-37)43-12-6-8-14-48(43)52-49)40-25-17-34(18-26-40)36-21-29-47-44(31-36)42-11-5-7-13-46(42)51(47)38-9-3-2-4-10-38/h2-32H,1H3. The number of aryl methyl sites for hydroxylation is 1. The molecule has 0 aliphatic heterocycles. The van der Waals surface area contributed by atoms with Gasteiger partial charge in [-0.15, -0.1) is 0 Å². The minimum absolute atomic E-state index is 0.912. The molecule has 0 spiro atoms. The van der Waals surface area contributed by atoms with Crippen LogP contribution in [0, 0.1) is 6.92 Å². The highest BCUT2D eigenvalue weighted by Crippen LogP contribution is 2.39. The SMILES string of the molecule is Cc1ccc(N(c2ccc(-c3ccc4oc5ccccc5c4c3)cc2)c2ccc(-c3ccc4c(c3)c3ccccc3n4-c3ccccc3)cc2)cc1. The van der Waals surface area contributed by atoms with Crippen LogP contribution in [0.1, 0.15) is 5.56 Å². The summed E-state index contributed by atoms with van der Waals surface area (Å²) in [4.78, 5) is 2.33. The Kier molecular flexibility index (Phi) is 7.04. The first-order valence-corrected chi connectivity index (χ1v) is 17.8. The lowest BCUT2D eigenvalue weighted by Gasteiger charge is -2.26. The lowest BCUT2D eigenvalue weighted by Crippen LogP contribution is -2.09. The maximum Gasteiger partial charge on any atom is 0.135 e. The molecule has 0 aliphatic carbocycles. The number of rotatable bonds is 6. The number of fused-ring (bicyclic) bond motifs is 6. The van der Waals surface area contributed by atoms with Crippen molar-refractivity contribution in [3.05, 3.63) is 194 Å². The summed E-state index contributed by atoms with van der Waals surface area (Å²) >= 11 is 0. The molecule has 0 aliphatic rings. The van der Waals surface area contributed by atoms with Gasteiger partial charge in [-0.1, -0.05) is 109 Å². The largest absolute Gasteiger partial charge is 0.456 e. The van der Waals surface area contributed by atoms with Crippen LogP contribution < -0.4 is 4.90 Å². The van der Waals surface area contributed by atoms with Crippen LogP contribution in [-0.2, 0) is 0 Å². The average molecular weight is 667 g/mol. The predicted molar refractivity (Wildman–Crippen MR) is 218 cm³/mol. The predicted octanol–water partition coefficient (Wildman–Crippen LogP) is 13.8. The van der Waals surface area contributed by atoms with Gasteiger partial charge in [-0.05, 0) is 114 Å². The highest BCUT2D eigenvalue weighted by Gasteiger charge is 2.16. The summed E-state index contributed by atoms with van der Waals surface area (Å²) in [6.07, 6.45) is 0. The monoisotopic (exact) mass is 666 g/mol. The molecule has 2 aromatic heterocycles. The third kappa shape index (κ3) is 5.06. The van der Waals surface area contributed by atoms with E-state index in [9.17, 15) is 0 Å². The Bertz CT molecular complexity index is 2880. The van der Waals surface area contributed by atoms with E-state index in [2.05, 4.69) is 192 Å². The van der Waals surface area contributed by atoms with Crippen molar-refractivity contribution >= 4 is 60.8 Å². The van der Waals surface area contributed by atoms with Gasteiger partial charge in [0.2, 0.25) is 0 Å². The third-order valence-electron chi connectivity index (χ3n) is 10.3. The van der Waals surface area contributed by atoms with E-state index >= 15 is 0 Å². The Morgan fingerprint density at radius 1 is 0.385 bits per heavy atom. The molecule has 246 valence electrons. The summed E-state index contributed by atoms with van der Waals surface area (Å²) in [6, 6.07) is 67.4. The van der Waals surface area contributed by atoms with Crippen LogP contribution in [0.25, 0.3) is 71.7 Å². The molecule has 0 radical (unpaired) electrons. The fourth-order valence-electron chi connectivity index (χ4n) is 7.66. The van der Waals surface area contributed by atoms with Crippen molar-refractivity contribution in [1.29, 1.82) is 0 Å². The van der Waals surface area contributed by atoms with E-state index < -0.39 is 0 Å². The molecule has 0 atom stereocenters. The summed E-state index contributed by atoms with van der Waals surface area (Å²) in [5, 5.41) is 4.79. The fourth-order valence-corrected chi connectivity index (χ4v) is 7.66. The third-order valence-corrected chi connectivity index (χ3v) is 10.3. The van der Waals surface area contributed by atoms with Crippen LogP contribution >= 0.6 is 0 Å². The van der Waals surface area contributed by atoms with E-state index in [1.807, 2.05) is 12.1 Å². The molecule has 10 rings (SSSR count). The summed E-state index contributed by atoms with van der Waals surface area (Å²) in [5.74, 6) is 0. The Morgan fingerprint density at radius 3 is 1.58 bits per heavy atom. The summed E-state index contributed by atoms with van der Waals surface area (Å²) < 4.78 is 8.44. The number of benzene rings is 8. The van der Waals surface area contributed by atoms with Gasteiger partial charge >= 0.3 is 0 Å². The number of furan rings is 1. The van der Waals surface area contributed by atoms with Crippen molar-refractivity contribution < 1.29 is 4.42 Å². The van der Waals surface area contributed by atoms with Crippen molar-refractivity contribution in [3.63, 3.8) is 0 Å². The van der Waals surface area contributed by atoms with Gasteiger partial charge in [0.15, 0.2) is 0 Å². The molecular weight excluding hydrogens is 633 g/mol. The van der Waals surface area contributed by atoms with Gasteiger partial charge in [0, 0.05) is 44.3 Å². The molecule has 0 N–H and O–H groups in total. The first kappa shape index (κ1) is 30.0. The number of nitrogens with zero attached hydrogens (tertiary/aromatic N) is 2. The van der Waals surface area contributed by atoms with Crippen molar-refractivity contribution in [3.8, 4) is 27.9 Å². The van der Waals surface area contributed by atoms with Crippen LogP contribution in [0.4, 0.5) is 17.1 Å². The van der Waals surface area contributed by atoms with Crippen molar-refractivity contribution in [2.75, 3.05) is 4.90 Å². The lowest BCUT2D eigenvalue weighted by atomic mass is 10.0. The van der Waals surface area contributed by atoms with Gasteiger partial charge < -0.3 is 13.9 Å². The number of aromatic nitrogens is 1. The minimum atomic E-state index is 0.912. The van der Waals surface area contributed by atoms with E-state index in [0.717, 1.165) is 39.0 Å². The number of anilines is 3. The van der Waals surface area contributed by atoms with E-state index in [4.69, 9.17) is 4.42 Å². The topological polar surface area (TPSA) is 21.3 Å². The van der Waals surface area contributed by atoms with E-state index in [1.165, 1.54) is 55.3 Å². The zero-order chi connectivity index (χ0) is 34.6. The fraction of sp³-hybridized carbons (Fsp3) is 0.0204. The Morgan fingerprint density at radius 2 is 0.885 bits per heavy atom. The Labute approximate surface area is 302 Å². The van der Waals surface area contributed by atoms with Crippen molar-refractivity contribution in [2.24, 2.45) is 0 Å². The molecule has 0 saturated carbocycles. The minimum Gasteiger partial charge on any atom is -0.456 e. The molecule has 0 unspecified atom stereocenters.